The van der Waals surface area contributed by atoms with Crippen molar-refractivity contribution in [1.29, 1.82) is 15.8 Å². The summed E-state index contributed by atoms with van der Waals surface area (Å²) in [6.45, 7) is 4.21. The van der Waals surface area contributed by atoms with Gasteiger partial charge < -0.3 is 24.8 Å². The molecular formula is C30H29N5O4. The summed E-state index contributed by atoms with van der Waals surface area (Å²) in [7, 11) is 1.51. The molecule has 4 rings (SSSR count). The maximum Gasteiger partial charge on any atom is 0.410 e. The Hall–Kier alpha value is -4.94. The van der Waals surface area contributed by atoms with E-state index >= 15 is 0 Å². The predicted molar refractivity (Wildman–Crippen MR) is 142 cm³/mol. The van der Waals surface area contributed by atoms with E-state index in [0.717, 1.165) is 5.56 Å². The second-order valence-electron chi connectivity index (χ2n) is 9.70. The standard InChI is InChI=1S/C30H29N5O4/c1-19(2)39-25-10-9-21(13-26(25)37-3)27-24-15-35(29(36)38-16-20-7-5-4-6-8-20)12-11-22(24)23(14-31)28(34)30(27,17-32)18-33/h4-11,13,19,24,27H,12,15-16,34H2,1-3H3/t24-,27-/m0/s1. The third-order valence-electron chi connectivity index (χ3n) is 7.04. The molecule has 2 aromatic rings. The molecule has 1 aliphatic heterocycles. The predicted octanol–water partition coefficient (Wildman–Crippen LogP) is 4.54. The summed E-state index contributed by atoms with van der Waals surface area (Å²) < 4.78 is 17.0. The zero-order valence-corrected chi connectivity index (χ0v) is 22.0. The van der Waals surface area contributed by atoms with Gasteiger partial charge in [0.05, 0.1) is 36.6 Å². The largest absolute Gasteiger partial charge is 0.493 e. The molecule has 2 N–H and O–H groups in total. The van der Waals surface area contributed by atoms with E-state index in [1.54, 1.807) is 24.3 Å². The summed E-state index contributed by atoms with van der Waals surface area (Å²) >= 11 is 0. The fraction of sp³-hybridized carbons (Fsp3) is 0.333. The number of ether oxygens (including phenoxy) is 3. The number of nitriles is 3. The molecule has 0 fully saturated rings. The highest BCUT2D eigenvalue weighted by Crippen LogP contribution is 2.55. The number of hydrogen-bond donors (Lipinski definition) is 1. The number of rotatable bonds is 6. The molecule has 39 heavy (non-hydrogen) atoms. The first-order valence-corrected chi connectivity index (χ1v) is 12.5. The van der Waals surface area contributed by atoms with E-state index < -0.39 is 23.3 Å². The number of benzene rings is 2. The van der Waals surface area contributed by atoms with Crippen molar-refractivity contribution < 1.29 is 19.0 Å². The van der Waals surface area contributed by atoms with Crippen LogP contribution in [0, 0.1) is 45.3 Å². The van der Waals surface area contributed by atoms with Crippen LogP contribution in [-0.2, 0) is 11.3 Å². The van der Waals surface area contributed by atoms with Gasteiger partial charge in [-0.2, -0.15) is 15.8 Å². The highest BCUT2D eigenvalue weighted by atomic mass is 16.6. The van der Waals surface area contributed by atoms with Gasteiger partial charge in [-0.05, 0) is 42.7 Å². The van der Waals surface area contributed by atoms with E-state index in [2.05, 4.69) is 18.2 Å². The van der Waals surface area contributed by atoms with Crippen molar-refractivity contribution in [2.45, 2.75) is 32.5 Å². The number of allylic oxidation sites excluding steroid dienone is 2. The van der Waals surface area contributed by atoms with Crippen molar-refractivity contribution >= 4 is 6.09 Å². The van der Waals surface area contributed by atoms with Crippen LogP contribution in [0.1, 0.15) is 30.9 Å². The third-order valence-corrected chi connectivity index (χ3v) is 7.04. The number of fused-ring (bicyclic) bond motifs is 1. The van der Waals surface area contributed by atoms with Gasteiger partial charge in [0.25, 0.3) is 0 Å². The molecule has 198 valence electrons. The maximum atomic E-state index is 13.1. The summed E-state index contributed by atoms with van der Waals surface area (Å²) in [6.07, 6.45) is 1.12. The third kappa shape index (κ3) is 4.98. The van der Waals surface area contributed by atoms with E-state index in [1.807, 2.05) is 44.2 Å². The van der Waals surface area contributed by atoms with Gasteiger partial charge in [-0.3, -0.25) is 0 Å². The first-order chi connectivity index (χ1) is 18.8. The first kappa shape index (κ1) is 27.1. The molecule has 2 aliphatic rings. The monoisotopic (exact) mass is 523 g/mol. The SMILES string of the molecule is COc1cc([C@H]2[C@H]3CN(C(=O)OCc4ccccc4)CC=C3C(C#N)=C(N)C2(C#N)C#N)ccc1OC(C)C. The van der Waals surface area contributed by atoms with Crippen LogP contribution in [0.15, 0.2) is 71.5 Å². The van der Waals surface area contributed by atoms with Crippen LogP contribution in [0.2, 0.25) is 0 Å². The molecule has 1 heterocycles. The van der Waals surface area contributed by atoms with E-state index in [1.165, 1.54) is 12.0 Å². The maximum absolute atomic E-state index is 13.1. The van der Waals surface area contributed by atoms with Crippen LogP contribution in [0.5, 0.6) is 11.5 Å². The Morgan fingerprint density at radius 1 is 1.13 bits per heavy atom. The van der Waals surface area contributed by atoms with Crippen LogP contribution < -0.4 is 15.2 Å². The zero-order chi connectivity index (χ0) is 28.2. The number of nitrogens with zero attached hydrogens (tertiary/aromatic N) is 4. The number of nitrogens with two attached hydrogens (primary N) is 1. The molecule has 9 heteroatoms. The summed E-state index contributed by atoms with van der Waals surface area (Å²) in [6, 6.07) is 20.9. The molecule has 0 aromatic heterocycles. The number of amides is 1. The van der Waals surface area contributed by atoms with Gasteiger partial charge in [0.15, 0.2) is 16.9 Å². The van der Waals surface area contributed by atoms with Gasteiger partial charge in [0.1, 0.15) is 12.7 Å². The van der Waals surface area contributed by atoms with E-state index in [4.69, 9.17) is 19.9 Å². The van der Waals surface area contributed by atoms with Gasteiger partial charge >= 0.3 is 6.09 Å². The van der Waals surface area contributed by atoms with Gasteiger partial charge in [-0.15, -0.1) is 0 Å². The molecule has 0 saturated carbocycles. The van der Waals surface area contributed by atoms with Crippen molar-refractivity contribution in [2.75, 3.05) is 20.2 Å². The fourth-order valence-electron chi connectivity index (χ4n) is 5.24. The summed E-state index contributed by atoms with van der Waals surface area (Å²) in [5, 5.41) is 30.7. The Morgan fingerprint density at radius 2 is 1.85 bits per heavy atom. The second-order valence-corrected chi connectivity index (χ2v) is 9.70. The highest BCUT2D eigenvalue weighted by Gasteiger charge is 2.55. The zero-order valence-electron chi connectivity index (χ0n) is 22.0. The molecule has 0 radical (unpaired) electrons. The lowest BCUT2D eigenvalue weighted by Gasteiger charge is -2.45. The molecule has 0 saturated heterocycles. The van der Waals surface area contributed by atoms with Crippen molar-refractivity contribution in [2.24, 2.45) is 17.1 Å². The Kier molecular flexibility index (Phi) is 7.79. The lowest BCUT2D eigenvalue weighted by molar-refractivity contribution is 0.0898. The minimum Gasteiger partial charge on any atom is -0.493 e. The molecule has 0 spiro atoms. The van der Waals surface area contributed by atoms with Crippen molar-refractivity contribution in [3.8, 4) is 29.7 Å². The van der Waals surface area contributed by atoms with Crippen LogP contribution in [0.4, 0.5) is 4.79 Å². The van der Waals surface area contributed by atoms with Crippen molar-refractivity contribution in [1.82, 2.24) is 4.90 Å². The van der Waals surface area contributed by atoms with E-state index in [0.29, 0.717) is 22.6 Å². The van der Waals surface area contributed by atoms with E-state index in [9.17, 15) is 20.6 Å². The summed E-state index contributed by atoms with van der Waals surface area (Å²) in [5.74, 6) is -0.438. The fourth-order valence-corrected chi connectivity index (χ4v) is 5.24. The van der Waals surface area contributed by atoms with Crippen LogP contribution in [0.25, 0.3) is 0 Å². The average molecular weight is 524 g/mol. The Bertz CT molecular complexity index is 1430. The van der Waals surface area contributed by atoms with Crippen molar-refractivity contribution in [3.05, 3.63) is 82.6 Å². The Labute approximate surface area is 227 Å². The lowest BCUT2D eigenvalue weighted by atomic mass is 9.58. The Morgan fingerprint density at radius 3 is 2.46 bits per heavy atom. The van der Waals surface area contributed by atoms with E-state index in [-0.39, 0.29) is 37.1 Å². The molecule has 2 aromatic carbocycles. The first-order valence-electron chi connectivity index (χ1n) is 12.5. The van der Waals surface area contributed by atoms with Gasteiger partial charge in [-0.25, -0.2) is 4.79 Å². The molecule has 9 nitrogen and oxygen atoms in total. The molecule has 0 bridgehead atoms. The minimum atomic E-state index is -1.85. The van der Waals surface area contributed by atoms with Crippen LogP contribution in [0.3, 0.4) is 0 Å². The van der Waals surface area contributed by atoms with Gasteiger partial charge in [0, 0.05) is 24.9 Å². The molecule has 0 unspecified atom stereocenters. The number of carbonyl (C=O) groups is 1. The summed E-state index contributed by atoms with van der Waals surface area (Å²) in [5.41, 5.74) is 6.62. The van der Waals surface area contributed by atoms with Crippen LogP contribution in [-0.4, -0.2) is 37.3 Å². The van der Waals surface area contributed by atoms with Crippen LogP contribution >= 0.6 is 0 Å². The van der Waals surface area contributed by atoms with Crippen molar-refractivity contribution in [3.63, 3.8) is 0 Å². The minimum absolute atomic E-state index is 0.0934. The second kappa shape index (κ2) is 11.2. The molecule has 2 atom stereocenters. The number of hydrogen-bond acceptors (Lipinski definition) is 8. The highest BCUT2D eigenvalue weighted by molar-refractivity contribution is 5.69. The molecule has 1 aliphatic carbocycles. The topological polar surface area (TPSA) is 145 Å². The number of methoxy groups -OCH3 is 1. The number of carbonyl (C=O) groups excluding carboxylic acids is 1. The molecule has 1 amide bonds. The lowest BCUT2D eigenvalue weighted by Crippen LogP contribution is -2.49. The van der Waals surface area contributed by atoms with Gasteiger partial charge in [-0.1, -0.05) is 42.5 Å². The van der Waals surface area contributed by atoms with Gasteiger partial charge in [0.2, 0.25) is 0 Å². The molecular weight excluding hydrogens is 494 g/mol. The smallest absolute Gasteiger partial charge is 0.410 e. The average Bonchev–Trinajstić information content (AvgIpc) is 2.95. The quantitative estimate of drug-likeness (QED) is 0.581. The summed E-state index contributed by atoms with van der Waals surface area (Å²) in [4.78, 5) is 14.6. The Balaban J connectivity index is 1.77. The normalized spacial score (nSPS) is 19.6.